The van der Waals surface area contributed by atoms with Crippen LogP contribution in [-0.4, -0.2) is 17.1 Å². The number of methoxy groups -OCH3 is 1. The maximum absolute atomic E-state index is 13.7. The van der Waals surface area contributed by atoms with Gasteiger partial charge in [-0.1, -0.05) is 27.5 Å². The molecule has 6 heteroatoms. The topological polar surface area (TPSA) is 35.0 Å². The van der Waals surface area contributed by atoms with Gasteiger partial charge in [0.25, 0.3) is 0 Å². The number of rotatable bonds is 2. The largest absolute Gasteiger partial charge is 0.491 e. The monoisotopic (exact) mass is 316 g/mol. The Bertz CT molecular complexity index is 565. The van der Waals surface area contributed by atoms with Crippen molar-refractivity contribution in [2.75, 3.05) is 7.11 Å². The van der Waals surface area contributed by atoms with E-state index in [1.807, 2.05) is 0 Å². The molecule has 2 aromatic rings. The standard InChI is InChI=1S/C11H7BrClFN2O/c1-17-10-9(15-5-16-11(10)13)7-4-6(12)2-3-8(7)14/h2-5H,1H3. The highest BCUT2D eigenvalue weighted by Gasteiger charge is 2.16. The van der Waals surface area contributed by atoms with Crippen LogP contribution in [0.2, 0.25) is 5.15 Å². The number of hydrogen-bond acceptors (Lipinski definition) is 3. The van der Waals surface area contributed by atoms with Crippen LogP contribution in [0, 0.1) is 5.82 Å². The fraction of sp³-hybridized carbons (Fsp3) is 0.0909. The molecule has 0 saturated carbocycles. The van der Waals surface area contributed by atoms with Gasteiger partial charge in [-0.25, -0.2) is 14.4 Å². The fourth-order valence-corrected chi connectivity index (χ4v) is 1.98. The molecule has 0 aliphatic carbocycles. The van der Waals surface area contributed by atoms with E-state index in [2.05, 4.69) is 25.9 Å². The van der Waals surface area contributed by atoms with E-state index in [1.54, 1.807) is 12.1 Å². The highest BCUT2D eigenvalue weighted by Crippen LogP contribution is 2.34. The first kappa shape index (κ1) is 12.3. The number of hydrogen-bond donors (Lipinski definition) is 0. The Morgan fingerprint density at radius 3 is 2.82 bits per heavy atom. The molecule has 2 rings (SSSR count). The zero-order chi connectivity index (χ0) is 12.4. The van der Waals surface area contributed by atoms with Gasteiger partial charge in [-0.15, -0.1) is 0 Å². The molecule has 3 nitrogen and oxygen atoms in total. The quantitative estimate of drug-likeness (QED) is 0.792. The third-order valence-corrected chi connectivity index (χ3v) is 2.91. The number of halogens is 3. The highest BCUT2D eigenvalue weighted by atomic mass is 79.9. The van der Waals surface area contributed by atoms with Crippen LogP contribution in [0.3, 0.4) is 0 Å². The second kappa shape index (κ2) is 4.98. The first-order valence-corrected chi connectivity index (χ1v) is 5.80. The summed E-state index contributed by atoms with van der Waals surface area (Å²) in [6.07, 6.45) is 1.26. The van der Waals surface area contributed by atoms with Gasteiger partial charge in [0, 0.05) is 10.0 Å². The Labute approximate surface area is 111 Å². The van der Waals surface area contributed by atoms with Crippen LogP contribution in [0.25, 0.3) is 11.3 Å². The number of benzene rings is 1. The lowest BCUT2D eigenvalue weighted by Gasteiger charge is -2.09. The van der Waals surface area contributed by atoms with E-state index in [4.69, 9.17) is 16.3 Å². The second-order valence-electron chi connectivity index (χ2n) is 3.17. The van der Waals surface area contributed by atoms with Crippen molar-refractivity contribution < 1.29 is 9.13 Å². The van der Waals surface area contributed by atoms with Gasteiger partial charge in [-0.2, -0.15) is 0 Å². The summed E-state index contributed by atoms with van der Waals surface area (Å²) in [6.45, 7) is 0. The van der Waals surface area contributed by atoms with Gasteiger partial charge in [0.15, 0.2) is 10.9 Å². The number of aromatic nitrogens is 2. The lowest BCUT2D eigenvalue weighted by atomic mass is 10.1. The van der Waals surface area contributed by atoms with Crippen molar-refractivity contribution in [2.24, 2.45) is 0 Å². The molecule has 1 aromatic carbocycles. The van der Waals surface area contributed by atoms with Crippen molar-refractivity contribution in [1.82, 2.24) is 9.97 Å². The molecule has 0 saturated heterocycles. The molecular formula is C11H7BrClFN2O. The Balaban J connectivity index is 2.68. The summed E-state index contributed by atoms with van der Waals surface area (Å²) in [5.74, 6) is -0.146. The van der Waals surface area contributed by atoms with Gasteiger partial charge in [0.1, 0.15) is 17.8 Å². The summed E-state index contributed by atoms with van der Waals surface area (Å²) in [5.41, 5.74) is 0.631. The molecule has 0 aliphatic rings. The normalized spacial score (nSPS) is 10.4. The molecule has 0 amide bonds. The average molecular weight is 318 g/mol. The predicted molar refractivity (Wildman–Crippen MR) is 66.7 cm³/mol. The third-order valence-electron chi connectivity index (χ3n) is 2.15. The Morgan fingerprint density at radius 1 is 1.35 bits per heavy atom. The molecule has 1 heterocycles. The molecule has 0 spiro atoms. The first-order valence-electron chi connectivity index (χ1n) is 4.63. The number of ether oxygens (including phenoxy) is 1. The van der Waals surface area contributed by atoms with E-state index in [1.165, 1.54) is 19.5 Å². The molecule has 0 unspecified atom stereocenters. The Hall–Kier alpha value is -1.20. The molecule has 88 valence electrons. The maximum atomic E-state index is 13.7. The van der Waals surface area contributed by atoms with Crippen molar-refractivity contribution in [1.29, 1.82) is 0 Å². The first-order chi connectivity index (χ1) is 8.13. The summed E-state index contributed by atoms with van der Waals surface area (Å²) in [7, 11) is 1.43. The van der Waals surface area contributed by atoms with Gasteiger partial charge < -0.3 is 4.74 Å². The summed E-state index contributed by atoms with van der Waals surface area (Å²) in [6, 6.07) is 4.56. The SMILES string of the molecule is COc1c(Cl)ncnc1-c1cc(Br)ccc1F. The summed E-state index contributed by atoms with van der Waals surface area (Å²) >= 11 is 9.14. The van der Waals surface area contributed by atoms with Crippen LogP contribution >= 0.6 is 27.5 Å². The second-order valence-corrected chi connectivity index (χ2v) is 4.44. The fourth-order valence-electron chi connectivity index (χ4n) is 1.40. The molecule has 0 bridgehead atoms. The number of nitrogens with zero attached hydrogens (tertiary/aromatic N) is 2. The van der Waals surface area contributed by atoms with Crippen LogP contribution in [0.1, 0.15) is 0 Å². The van der Waals surface area contributed by atoms with Crippen molar-refractivity contribution in [3.63, 3.8) is 0 Å². The van der Waals surface area contributed by atoms with Gasteiger partial charge in [0.05, 0.1) is 7.11 Å². The zero-order valence-corrected chi connectivity index (χ0v) is 11.1. The lowest BCUT2D eigenvalue weighted by molar-refractivity contribution is 0.412. The van der Waals surface area contributed by atoms with Gasteiger partial charge in [-0.05, 0) is 18.2 Å². The zero-order valence-electron chi connectivity index (χ0n) is 8.75. The molecule has 0 N–H and O–H groups in total. The summed E-state index contributed by atoms with van der Waals surface area (Å²) < 4.78 is 19.6. The van der Waals surface area contributed by atoms with E-state index in [-0.39, 0.29) is 10.9 Å². The maximum Gasteiger partial charge on any atom is 0.182 e. The minimum Gasteiger partial charge on any atom is -0.491 e. The molecule has 0 fully saturated rings. The van der Waals surface area contributed by atoms with Crippen LogP contribution < -0.4 is 4.74 Å². The van der Waals surface area contributed by atoms with Crippen LogP contribution in [-0.2, 0) is 0 Å². The van der Waals surface area contributed by atoms with Crippen LogP contribution in [0.4, 0.5) is 4.39 Å². The molecule has 1 aromatic heterocycles. The van der Waals surface area contributed by atoms with E-state index in [0.29, 0.717) is 11.3 Å². The Kier molecular flexibility index (Phi) is 3.59. The van der Waals surface area contributed by atoms with E-state index >= 15 is 0 Å². The minimum atomic E-state index is -0.402. The van der Waals surface area contributed by atoms with Gasteiger partial charge in [0.2, 0.25) is 0 Å². The third kappa shape index (κ3) is 2.40. The average Bonchev–Trinajstić information content (AvgIpc) is 2.32. The minimum absolute atomic E-state index is 0.150. The van der Waals surface area contributed by atoms with Crippen molar-refractivity contribution >= 4 is 27.5 Å². The van der Waals surface area contributed by atoms with E-state index < -0.39 is 5.82 Å². The van der Waals surface area contributed by atoms with Gasteiger partial charge in [-0.3, -0.25) is 0 Å². The van der Waals surface area contributed by atoms with Crippen LogP contribution in [0.15, 0.2) is 29.0 Å². The molecule has 0 radical (unpaired) electrons. The lowest BCUT2D eigenvalue weighted by Crippen LogP contribution is -1.96. The molecule has 0 aliphatic heterocycles. The van der Waals surface area contributed by atoms with Crippen molar-refractivity contribution in [3.8, 4) is 17.0 Å². The van der Waals surface area contributed by atoms with Crippen molar-refractivity contribution in [3.05, 3.63) is 40.0 Å². The van der Waals surface area contributed by atoms with Crippen molar-refractivity contribution in [2.45, 2.75) is 0 Å². The molecule has 0 atom stereocenters. The molecular weight excluding hydrogens is 310 g/mol. The summed E-state index contributed by atoms with van der Waals surface area (Å²) in [5, 5.41) is 0.150. The van der Waals surface area contributed by atoms with E-state index in [0.717, 1.165) is 4.47 Å². The predicted octanol–water partition coefficient (Wildman–Crippen LogP) is 3.71. The smallest absolute Gasteiger partial charge is 0.182 e. The molecule has 17 heavy (non-hydrogen) atoms. The Morgan fingerprint density at radius 2 is 2.12 bits per heavy atom. The van der Waals surface area contributed by atoms with Gasteiger partial charge >= 0.3 is 0 Å². The van der Waals surface area contributed by atoms with Crippen LogP contribution in [0.5, 0.6) is 5.75 Å². The highest BCUT2D eigenvalue weighted by molar-refractivity contribution is 9.10. The summed E-state index contributed by atoms with van der Waals surface area (Å²) in [4.78, 5) is 7.78. The van der Waals surface area contributed by atoms with E-state index in [9.17, 15) is 4.39 Å².